The SMILES string of the molecule is C[C@H](OC(=O)c1cn(Cc2ccccc2)nc1-c1cccnc1)C(=O)N1CCc2ccccc21. The minimum absolute atomic E-state index is 0.238. The average molecular weight is 453 g/mol. The first-order valence-corrected chi connectivity index (χ1v) is 11.2. The first kappa shape index (κ1) is 21.6. The Morgan fingerprint density at radius 3 is 2.62 bits per heavy atom. The zero-order valence-electron chi connectivity index (χ0n) is 18.8. The van der Waals surface area contributed by atoms with Gasteiger partial charge in [0.05, 0.1) is 6.54 Å². The van der Waals surface area contributed by atoms with E-state index in [-0.39, 0.29) is 5.91 Å². The third-order valence-electron chi connectivity index (χ3n) is 5.89. The molecule has 2 aromatic heterocycles. The van der Waals surface area contributed by atoms with E-state index in [1.54, 1.807) is 41.2 Å². The molecule has 1 aliphatic rings. The molecule has 0 aliphatic carbocycles. The largest absolute Gasteiger partial charge is 0.449 e. The summed E-state index contributed by atoms with van der Waals surface area (Å²) in [5, 5.41) is 4.64. The highest BCUT2D eigenvalue weighted by molar-refractivity contribution is 6.01. The van der Waals surface area contributed by atoms with Gasteiger partial charge in [-0.25, -0.2) is 4.79 Å². The van der Waals surface area contributed by atoms with Crippen molar-refractivity contribution in [2.45, 2.75) is 26.0 Å². The number of rotatable bonds is 6. The fraction of sp³-hybridized carbons (Fsp3) is 0.185. The van der Waals surface area contributed by atoms with Crippen LogP contribution in [0.3, 0.4) is 0 Å². The van der Waals surface area contributed by atoms with Gasteiger partial charge < -0.3 is 9.64 Å². The summed E-state index contributed by atoms with van der Waals surface area (Å²) in [6.07, 6.45) is 4.84. The van der Waals surface area contributed by atoms with Crippen molar-refractivity contribution in [1.82, 2.24) is 14.8 Å². The van der Waals surface area contributed by atoms with Gasteiger partial charge >= 0.3 is 5.97 Å². The molecule has 0 unspecified atom stereocenters. The number of hydrogen-bond acceptors (Lipinski definition) is 5. The molecule has 7 nitrogen and oxygen atoms in total. The van der Waals surface area contributed by atoms with Crippen molar-refractivity contribution in [1.29, 1.82) is 0 Å². The molecule has 2 aromatic carbocycles. The molecule has 7 heteroatoms. The zero-order valence-corrected chi connectivity index (χ0v) is 18.8. The minimum atomic E-state index is -0.933. The second-order valence-electron chi connectivity index (χ2n) is 8.23. The maximum Gasteiger partial charge on any atom is 0.342 e. The number of anilines is 1. The molecule has 5 rings (SSSR count). The number of esters is 1. The van der Waals surface area contributed by atoms with Gasteiger partial charge in [0.1, 0.15) is 11.3 Å². The van der Waals surface area contributed by atoms with E-state index < -0.39 is 12.1 Å². The van der Waals surface area contributed by atoms with Crippen molar-refractivity contribution in [3.8, 4) is 11.3 Å². The van der Waals surface area contributed by atoms with Crippen molar-refractivity contribution in [2.24, 2.45) is 0 Å². The Labute approximate surface area is 197 Å². The normalized spacial score (nSPS) is 13.4. The number of fused-ring (bicyclic) bond motifs is 1. The fourth-order valence-corrected chi connectivity index (χ4v) is 4.20. The van der Waals surface area contributed by atoms with Crippen LogP contribution in [0.25, 0.3) is 11.3 Å². The Morgan fingerprint density at radius 1 is 1.03 bits per heavy atom. The molecule has 4 aromatic rings. The second kappa shape index (κ2) is 9.31. The average Bonchev–Trinajstić information content (AvgIpc) is 3.49. The maximum atomic E-state index is 13.2. The molecule has 34 heavy (non-hydrogen) atoms. The van der Waals surface area contributed by atoms with Crippen molar-refractivity contribution < 1.29 is 14.3 Å². The molecule has 0 spiro atoms. The van der Waals surface area contributed by atoms with E-state index in [1.807, 2.05) is 60.7 Å². The lowest BCUT2D eigenvalue weighted by molar-refractivity contribution is -0.126. The third kappa shape index (κ3) is 4.32. The first-order chi connectivity index (χ1) is 16.6. The lowest BCUT2D eigenvalue weighted by Gasteiger charge is -2.21. The van der Waals surface area contributed by atoms with E-state index in [9.17, 15) is 9.59 Å². The van der Waals surface area contributed by atoms with E-state index in [0.29, 0.717) is 29.9 Å². The van der Waals surface area contributed by atoms with Crippen LogP contribution < -0.4 is 4.90 Å². The van der Waals surface area contributed by atoms with Crippen LogP contribution in [0, 0.1) is 0 Å². The van der Waals surface area contributed by atoms with E-state index in [2.05, 4.69) is 10.1 Å². The van der Waals surface area contributed by atoms with Gasteiger partial charge in [0, 0.05) is 36.4 Å². The van der Waals surface area contributed by atoms with Gasteiger partial charge in [0.25, 0.3) is 5.91 Å². The summed E-state index contributed by atoms with van der Waals surface area (Å²) in [5.74, 6) is -0.829. The van der Waals surface area contributed by atoms with Gasteiger partial charge in [0.15, 0.2) is 6.10 Å². The van der Waals surface area contributed by atoms with Gasteiger partial charge in [0.2, 0.25) is 0 Å². The summed E-state index contributed by atoms with van der Waals surface area (Å²) in [6.45, 7) is 2.69. The quantitative estimate of drug-likeness (QED) is 0.411. The molecule has 170 valence electrons. The number of nitrogens with zero attached hydrogens (tertiary/aromatic N) is 4. The standard InChI is InChI=1S/C27H24N4O3/c1-19(26(32)31-15-13-21-10-5-6-12-24(21)31)34-27(33)23-18-30(17-20-8-3-2-4-9-20)29-25(23)22-11-7-14-28-16-22/h2-12,14,16,18-19H,13,15,17H2,1H3/t19-/m0/s1. The number of para-hydroxylation sites is 1. The van der Waals surface area contributed by atoms with Gasteiger partial charge in [-0.3, -0.25) is 14.5 Å². The summed E-state index contributed by atoms with van der Waals surface area (Å²) in [5.41, 5.74) is 4.52. The highest BCUT2D eigenvalue weighted by Crippen LogP contribution is 2.29. The number of ether oxygens (including phenoxy) is 1. The molecule has 1 aliphatic heterocycles. The second-order valence-corrected chi connectivity index (χ2v) is 8.23. The summed E-state index contributed by atoms with van der Waals surface area (Å²) in [4.78, 5) is 32.2. The van der Waals surface area contributed by atoms with Crippen LogP contribution in [-0.4, -0.2) is 39.3 Å². The van der Waals surface area contributed by atoms with Crippen molar-refractivity contribution in [2.75, 3.05) is 11.4 Å². The third-order valence-corrected chi connectivity index (χ3v) is 5.89. The molecule has 0 fully saturated rings. The van der Waals surface area contributed by atoms with E-state index >= 15 is 0 Å². The molecular formula is C27H24N4O3. The molecule has 0 saturated heterocycles. The summed E-state index contributed by atoms with van der Waals surface area (Å²) < 4.78 is 7.35. The number of amides is 1. The first-order valence-electron chi connectivity index (χ1n) is 11.2. The minimum Gasteiger partial charge on any atom is -0.449 e. The van der Waals surface area contributed by atoms with Crippen LogP contribution in [-0.2, 0) is 22.5 Å². The topological polar surface area (TPSA) is 77.3 Å². The van der Waals surface area contributed by atoms with Crippen LogP contribution in [0.4, 0.5) is 5.69 Å². The van der Waals surface area contributed by atoms with Crippen LogP contribution in [0.1, 0.15) is 28.4 Å². The monoisotopic (exact) mass is 452 g/mol. The van der Waals surface area contributed by atoms with Gasteiger partial charge in [-0.15, -0.1) is 0 Å². The Balaban J connectivity index is 1.38. The summed E-state index contributed by atoms with van der Waals surface area (Å²) in [6, 6.07) is 21.3. The van der Waals surface area contributed by atoms with Crippen molar-refractivity contribution in [3.05, 3.63) is 102 Å². The number of aromatic nitrogens is 3. The fourth-order valence-electron chi connectivity index (χ4n) is 4.20. The van der Waals surface area contributed by atoms with E-state index in [1.165, 1.54) is 0 Å². The summed E-state index contributed by atoms with van der Waals surface area (Å²) >= 11 is 0. The van der Waals surface area contributed by atoms with E-state index in [4.69, 9.17) is 4.74 Å². The van der Waals surface area contributed by atoms with Crippen LogP contribution >= 0.6 is 0 Å². The molecule has 1 amide bonds. The van der Waals surface area contributed by atoms with E-state index in [0.717, 1.165) is 23.2 Å². The number of pyridine rings is 1. The zero-order chi connectivity index (χ0) is 23.5. The van der Waals surface area contributed by atoms with Gasteiger partial charge in [-0.2, -0.15) is 5.10 Å². The molecule has 3 heterocycles. The molecular weight excluding hydrogens is 428 g/mol. The highest BCUT2D eigenvalue weighted by Gasteiger charge is 2.31. The van der Waals surface area contributed by atoms with Crippen LogP contribution in [0.5, 0.6) is 0 Å². The van der Waals surface area contributed by atoms with Crippen LogP contribution in [0.15, 0.2) is 85.3 Å². The number of benzene rings is 2. The molecule has 0 radical (unpaired) electrons. The smallest absolute Gasteiger partial charge is 0.342 e. The number of carbonyl (C=O) groups is 2. The summed E-state index contributed by atoms with van der Waals surface area (Å²) in [7, 11) is 0. The Kier molecular flexibility index (Phi) is 5.91. The molecule has 0 N–H and O–H groups in total. The molecule has 0 bridgehead atoms. The predicted molar refractivity (Wildman–Crippen MR) is 128 cm³/mol. The lowest BCUT2D eigenvalue weighted by Crippen LogP contribution is -2.39. The Hall–Kier alpha value is -4.26. The maximum absolute atomic E-state index is 13.2. The Morgan fingerprint density at radius 2 is 1.82 bits per heavy atom. The van der Waals surface area contributed by atoms with Gasteiger partial charge in [-0.1, -0.05) is 48.5 Å². The Bertz CT molecular complexity index is 1320. The van der Waals surface area contributed by atoms with Crippen molar-refractivity contribution in [3.63, 3.8) is 0 Å². The van der Waals surface area contributed by atoms with Crippen LogP contribution in [0.2, 0.25) is 0 Å². The highest BCUT2D eigenvalue weighted by atomic mass is 16.5. The van der Waals surface area contributed by atoms with Crippen molar-refractivity contribution >= 4 is 17.6 Å². The lowest BCUT2D eigenvalue weighted by atomic mass is 10.1. The molecule has 0 saturated carbocycles. The predicted octanol–water partition coefficient (Wildman–Crippen LogP) is 4.13. The number of carbonyl (C=O) groups excluding carboxylic acids is 2. The molecule has 1 atom stereocenters. The van der Waals surface area contributed by atoms with Gasteiger partial charge in [-0.05, 0) is 42.7 Å². The number of hydrogen-bond donors (Lipinski definition) is 0.